The molecule has 9 nitrogen and oxygen atoms in total. The molecule has 136 valence electrons. The van der Waals surface area contributed by atoms with E-state index in [4.69, 9.17) is 11.6 Å². The molecule has 0 saturated carbocycles. The Morgan fingerprint density at radius 2 is 2.08 bits per heavy atom. The molecule has 0 atom stereocenters. The third-order valence-electron chi connectivity index (χ3n) is 3.75. The van der Waals surface area contributed by atoms with Crippen molar-refractivity contribution in [3.8, 4) is 0 Å². The summed E-state index contributed by atoms with van der Waals surface area (Å²) in [5.41, 5.74) is 0.667. The Balaban J connectivity index is 1.66. The Hall–Kier alpha value is -2.56. The molecular weight excluding hydrogens is 382 g/mol. The summed E-state index contributed by atoms with van der Waals surface area (Å²) in [4.78, 5) is 41.8. The molecule has 0 radical (unpaired) electrons. The lowest BCUT2D eigenvalue weighted by molar-refractivity contribution is -0.384. The van der Waals surface area contributed by atoms with E-state index in [0.717, 1.165) is 36.1 Å². The average Bonchev–Trinajstić information content (AvgIpc) is 2.97. The molecule has 11 heteroatoms. The van der Waals surface area contributed by atoms with Gasteiger partial charge in [0, 0.05) is 36.1 Å². The summed E-state index contributed by atoms with van der Waals surface area (Å²) < 4.78 is 0. The second kappa shape index (κ2) is 7.36. The van der Waals surface area contributed by atoms with Crippen LogP contribution in [0.25, 0.3) is 0 Å². The number of fused-ring (bicyclic) bond motifs is 1. The van der Waals surface area contributed by atoms with Gasteiger partial charge < -0.3 is 10.2 Å². The molecule has 0 unspecified atom stereocenters. The summed E-state index contributed by atoms with van der Waals surface area (Å²) in [5.74, 6) is -1.85. The first-order valence-electron chi connectivity index (χ1n) is 7.57. The van der Waals surface area contributed by atoms with Crippen LogP contribution in [-0.4, -0.2) is 40.2 Å². The standard InChI is InChI=1S/C15H14ClN5O4S/c1-20-5-4-10-12(7-20)26-15(18-10)19-14(23)13(22)17-8-2-3-9(16)11(6-8)21(24)25/h2-3,6H,4-5,7H2,1H3,(H,17,22)(H,18,19,23). The van der Waals surface area contributed by atoms with Crippen molar-refractivity contribution in [2.75, 3.05) is 24.2 Å². The molecule has 2 N–H and O–H groups in total. The number of halogens is 1. The van der Waals surface area contributed by atoms with Crippen LogP contribution in [0, 0.1) is 10.1 Å². The van der Waals surface area contributed by atoms with E-state index in [1.807, 2.05) is 7.05 Å². The zero-order valence-electron chi connectivity index (χ0n) is 13.6. The number of nitrogens with one attached hydrogen (secondary N) is 2. The first kappa shape index (κ1) is 18.2. The molecule has 2 heterocycles. The molecule has 0 spiro atoms. The summed E-state index contributed by atoms with van der Waals surface area (Å²) in [7, 11) is 2.00. The quantitative estimate of drug-likeness (QED) is 0.467. The van der Waals surface area contributed by atoms with E-state index < -0.39 is 16.7 Å². The van der Waals surface area contributed by atoms with Crippen LogP contribution in [0.4, 0.5) is 16.5 Å². The van der Waals surface area contributed by atoms with Gasteiger partial charge in [-0.05, 0) is 19.2 Å². The molecular formula is C15H14ClN5O4S. The van der Waals surface area contributed by atoms with Gasteiger partial charge in [0.25, 0.3) is 5.69 Å². The predicted octanol–water partition coefficient (Wildman–Crippen LogP) is 2.27. The molecule has 26 heavy (non-hydrogen) atoms. The molecule has 1 aromatic carbocycles. The van der Waals surface area contributed by atoms with Crippen molar-refractivity contribution >= 4 is 51.3 Å². The van der Waals surface area contributed by atoms with Crippen LogP contribution in [0.2, 0.25) is 5.02 Å². The van der Waals surface area contributed by atoms with E-state index in [2.05, 4.69) is 20.5 Å². The molecule has 3 rings (SSSR count). The van der Waals surface area contributed by atoms with Crippen LogP contribution in [0.15, 0.2) is 18.2 Å². The summed E-state index contributed by atoms with van der Waals surface area (Å²) in [6, 6.07) is 3.74. The summed E-state index contributed by atoms with van der Waals surface area (Å²) in [6.07, 6.45) is 0.791. The number of thiazole rings is 1. The number of amides is 2. The number of rotatable bonds is 3. The lowest BCUT2D eigenvalue weighted by atomic mass is 10.2. The number of anilines is 2. The number of benzene rings is 1. The van der Waals surface area contributed by atoms with Crippen LogP contribution < -0.4 is 10.6 Å². The molecule has 0 aliphatic carbocycles. The first-order valence-corrected chi connectivity index (χ1v) is 8.76. The lowest BCUT2D eigenvalue weighted by Gasteiger charge is -2.20. The van der Waals surface area contributed by atoms with E-state index in [1.54, 1.807) is 0 Å². The van der Waals surface area contributed by atoms with Gasteiger partial charge in [-0.2, -0.15) is 0 Å². The Bertz CT molecular complexity index is 900. The zero-order chi connectivity index (χ0) is 18.8. The minimum Gasteiger partial charge on any atom is -0.318 e. The normalized spacial score (nSPS) is 13.8. The second-order valence-electron chi connectivity index (χ2n) is 5.71. The lowest BCUT2D eigenvalue weighted by Crippen LogP contribution is -2.29. The van der Waals surface area contributed by atoms with Crippen LogP contribution >= 0.6 is 22.9 Å². The summed E-state index contributed by atoms with van der Waals surface area (Å²) >= 11 is 7.04. The molecule has 1 aromatic heterocycles. The van der Waals surface area contributed by atoms with Crippen LogP contribution in [0.1, 0.15) is 10.6 Å². The third kappa shape index (κ3) is 3.98. The van der Waals surface area contributed by atoms with Crippen molar-refractivity contribution in [2.45, 2.75) is 13.0 Å². The fourth-order valence-corrected chi connectivity index (χ4v) is 3.72. The molecule has 0 bridgehead atoms. The fraction of sp³-hybridized carbons (Fsp3) is 0.267. The maximum absolute atomic E-state index is 12.1. The number of carbonyl (C=O) groups is 2. The van der Waals surface area contributed by atoms with E-state index >= 15 is 0 Å². The van der Waals surface area contributed by atoms with E-state index in [-0.39, 0.29) is 16.4 Å². The number of carbonyl (C=O) groups excluding carboxylic acids is 2. The maximum Gasteiger partial charge on any atom is 0.315 e. The molecule has 1 aliphatic heterocycles. The highest BCUT2D eigenvalue weighted by molar-refractivity contribution is 7.16. The maximum atomic E-state index is 12.1. The molecule has 2 aromatic rings. The Kier molecular flexibility index (Phi) is 5.16. The Labute approximate surface area is 157 Å². The van der Waals surface area contributed by atoms with Crippen molar-refractivity contribution in [1.82, 2.24) is 9.88 Å². The van der Waals surface area contributed by atoms with Crippen LogP contribution in [-0.2, 0) is 22.6 Å². The average molecular weight is 396 g/mol. The van der Waals surface area contributed by atoms with Crippen molar-refractivity contribution in [3.63, 3.8) is 0 Å². The van der Waals surface area contributed by atoms with Gasteiger partial charge >= 0.3 is 11.8 Å². The minimum atomic E-state index is -0.952. The predicted molar refractivity (Wildman–Crippen MR) is 97.5 cm³/mol. The van der Waals surface area contributed by atoms with E-state index in [1.165, 1.54) is 23.5 Å². The second-order valence-corrected chi connectivity index (χ2v) is 7.20. The smallest absolute Gasteiger partial charge is 0.315 e. The highest BCUT2D eigenvalue weighted by Gasteiger charge is 2.22. The van der Waals surface area contributed by atoms with Crippen LogP contribution in [0.5, 0.6) is 0 Å². The van der Waals surface area contributed by atoms with Crippen molar-refractivity contribution in [1.29, 1.82) is 0 Å². The van der Waals surface area contributed by atoms with Gasteiger partial charge in [-0.15, -0.1) is 11.3 Å². The Morgan fingerprint density at radius 3 is 2.81 bits per heavy atom. The minimum absolute atomic E-state index is 0.0595. The number of aromatic nitrogens is 1. The van der Waals surface area contributed by atoms with Gasteiger partial charge in [0.15, 0.2) is 5.13 Å². The Morgan fingerprint density at radius 1 is 1.35 bits per heavy atom. The number of likely N-dealkylation sites (N-methyl/N-ethyl adjacent to an activating group) is 1. The van der Waals surface area contributed by atoms with Crippen molar-refractivity contribution < 1.29 is 14.5 Å². The number of nitro benzene ring substituents is 1. The van der Waals surface area contributed by atoms with Gasteiger partial charge in [-0.3, -0.25) is 25.0 Å². The number of hydrogen-bond acceptors (Lipinski definition) is 7. The molecule has 0 fully saturated rings. The molecule has 2 amide bonds. The van der Waals surface area contributed by atoms with Crippen LogP contribution in [0.3, 0.4) is 0 Å². The van der Waals surface area contributed by atoms with Gasteiger partial charge in [0.05, 0.1) is 10.6 Å². The number of nitro groups is 1. The third-order valence-corrected chi connectivity index (χ3v) is 5.07. The van der Waals surface area contributed by atoms with Crippen molar-refractivity contribution in [3.05, 3.63) is 43.9 Å². The topological polar surface area (TPSA) is 117 Å². The summed E-state index contributed by atoms with van der Waals surface area (Å²) in [6.45, 7) is 1.64. The summed E-state index contributed by atoms with van der Waals surface area (Å²) in [5, 5.41) is 15.9. The SMILES string of the molecule is CN1CCc2nc(NC(=O)C(=O)Nc3ccc(Cl)c([N+](=O)[O-])c3)sc2C1. The van der Waals surface area contributed by atoms with E-state index in [0.29, 0.717) is 5.13 Å². The van der Waals surface area contributed by atoms with Gasteiger partial charge in [-0.25, -0.2) is 4.98 Å². The van der Waals surface area contributed by atoms with Gasteiger partial charge in [-0.1, -0.05) is 11.6 Å². The van der Waals surface area contributed by atoms with Gasteiger partial charge in [0.1, 0.15) is 5.02 Å². The highest BCUT2D eigenvalue weighted by atomic mass is 35.5. The van der Waals surface area contributed by atoms with E-state index in [9.17, 15) is 19.7 Å². The monoisotopic (exact) mass is 395 g/mol. The largest absolute Gasteiger partial charge is 0.318 e. The molecule has 1 aliphatic rings. The number of nitrogens with zero attached hydrogens (tertiary/aromatic N) is 3. The first-order chi connectivity index (χ1) is 12.3. The highest BCUT2D eigenvalue weighted by Crippen LogP contribution is 2.28. The zero-order valence-corrected chi connectivity index (χ0v) is 15.2. The van der Waals surface area contributed by atoms with Gasteiger partial charge in [0.2, 0.25) is 0 Å². The number of hydrogen-bond donors (Lipinski definition) is 2. The fourth-order valence-electron chi connectivity index (χ4n) is 2.45. The molecule has 0 saturated heterocycles. The van der Waals surface area contributed by atoms with Crippen molar-refractivity contribution in [2.24, 2.45) is 0 Å².